The number of amidine groups is 1. The zero-order valence-electron chi connectivity index (χ0n) is 7.53. The summed E-state index contributed by atoms with van der Waals surface area (Å²) < 4.78 is 0. The Morgan fingerprint density at radius 3 is 2.77 bits per heavy atom. The summed E-state index contributed by atoms with van der Waals surface area (Å²) in [4.78, 5) is 4.13. The molecule has 1 unspecified atom stereocenters. The summed E-state index contributed by atoms with van der Waals surface area (Å²) in [6.07, 6.45) is 0. The van der Waals surface area contributed by atoms with Crippen molar-refractivity contribution >= 4 is 16.9 Å². The van der Waals surface area contributed by atoms with Gasteiger partial charge in [0, 0.05) is 12.8 Å². The predicted octanol–water partition coefficient (Wildman–Crippen LogP) is 2.05. The number of rotatable bonds is 1. The first-order valence-electron chi connectivity index (χ1n) is 4.31. The molecule has 0 radical (unpaired) electrons. The van der Waals surface area contributed by atoms with Gasteiger partial charge in [-0.1, -0.05) is 42.1 Å². The highest BCUT2D eigenvalue weighted by molar-refractivity contribution is 8.14. The van der Waals surface area contributed by atoms with Gasteiger partial charge < -0.3 is 5.32 Å². The largest absolute Gasteiger partial charge is 0.357 e. The van der Waals surface area contributed by atoms with Crippen LogP contribution < -0.4 is 5.32 Å². The van der Waals surface area contributed by atoms with Gasteiger partial charge in [0.15, 0.2) is 5.17 Å². The van der Waals surface area contributed by atoms with Crippen molar-refractivity contribution in [3.8, 4) is 0 Å². The van der Waals surface area contributed by atoms with E-state index in [0.717, 1.165) is 10.9 Å². The molecule has 0 bridgehead atoms. The molecule has 3 heteroatoms. The molecule has 1 saturated heterocycles. The molecule has 0 aliphatic carbocycles. The van der Waals surface area contributed by atoms with Crippen LogP contribution in [0.2, 0.25) is 0 Å². The first-order chi connectivity index (χ1) is 6.40. The molecule has 1 heterocycles. The maximum Gasteiger partial charge on any atom is 0.156 e. The van der Waals surface area contributed by atoms with Crippen LogP contribution in [-0.2, 0) is 0 Å². The van der Waals surface area contributed by atoms with E-state index in [9.17, 15) is 0 Å². The average Bonchev–Trinajstić information content (AvgIpc) is 2.67. The van der Waals surface area contributed by atoms with Gasteiger partial charge in [-0.05, 0) is 5.56 Å². The van der Waals surface area contributed by atoms with Crippen molar-refractivity contribution in [1.29, 1.82) is 0 Å². The molecule has 0 spiro atoms. The smallest absolute Gasteiger partial charge is 0.156 e. The molecule has 68 valence electrons. The maximum atomic E-state index is 4.13. The van der Waals surface area contributed by atoms with Gasteiger partial charge in [0.1, 0.15) is 0 Å². The Hall–Kier alpha value is -0.960. The van der Waals surface area contributed by atoms with Gasteiger partial charge in [-0.2, -0.15) is 0 Å². The monoisotopic (exact) mass is 192 g/mol. The Morgan fingerprint density at radius 2 is 2.15 bits per heavy atom. The van der Waals surface area contributed by atoms with Crippen molar-refractivity contribution in [1.82, 2.24) is 5.32 Å². The van der Waals surface area contributed by atoms with E-state index in [-0.39, 0.29) is 0 Å². The molecular formula is C10H12N2S. The summed E-state index contributed by atoms with van der Waals surface area (Å²) in [6, 6.07) is 10.9. The number of benzene rings is 1. The van der Waals surface area contributed by atoms with Crippen molar-refractivity contribution in [3.63, 3.8) is 0 Å². The quantitative estimate of drug-likeness (QED) is 0.736. The van der Waals surface area contributed by atoms with Crippen LogP contribution in [0.1, 0.15) is 11.6 Å². The van der Waals surface area contributed by atoms with Crippen LogP contribution in [0.3, 0.4) is 0 Å². The van der Waals surface area contributed by atoms with Crippen molar-refractivity contribution in [2.75, 3.05) is 12.8 Å². The first kappa shape index (κ1) is 8.63. The molecule has 13 heavy (non-hydrogen) atoms. The lowest BCUT2D eigenvalue weighted by Crippen LogP contribution is -2.18. The Bertz CT molecular complexity index is 308. The highest BCUT2D eigenvalue weighted by atomic mass is 32.2. The summed E-state index contributed by atoms with van der Waals surface area (Å²) >= 11 is 1.78. The normalized spacial score (nSPS) is 24.7. The van der Waals surface area contributed by atoms with Crippen LogP contribution in [-0.4, -0.2) is 18.0 Å². The highest BCUT2D eigenvalue weighted by Gasteiger charge is 2.20. The minimum Gasteiger partial charge on any atom is -0.357 e. The van der Waals surface area contributed by atoms with E-state index in [1.807, 2.05) is 13.1 Å². The topological polar surface area (TPSA) is 24.4 Å². The number of thioether (sulfide) groups is 1. The lowest BCUT2D eigenvalue weighted by atomic mass is 10.1. The summed E-state index contributed by atoms with van der Waals surface area (Å²) in [5, 5.41) is 4.42. The number of nitrogens with one attached hydrogen (secondary N) is 1. The fourth-order valence-electron chi connectivity index (χ4n) is 1.39. The minimum absolute atomic E-state index is 0.435. The van der Waals surface area contributed by atoms with Gasteiger partial charge in [-0.25, -0.2) is 0 Å². The van der Waals surface area contributed by atoms with E-state index in [0.29, 0.717) is 6.04 Å². The Morgan fingerprint density at radius 1 is 1.38 bits per heavy atom. The maximum absolute atomic E-state index is 4.13. The van der Waals surface area contributed by atoms with Gasteiger partial charge in [0.25, 0.3) is 0 Å². The molecule has 2 nitrogen and oxygen atoms in total. The van der Waals surface area contributed by atoms with Crippen molar-refractivity contribution in [3.05, 3.63) is 35.9 Å². The van der Waals surface area contributed by atoms with Crippen LogP contribution in [0.15, 0.2) is 35.3 Å². The van der Waals surface area contributed by atoms with Gasteiger partial charge in [-0.3, -0.25) is 4.99 Å². The number of nitrogens with zero attached hydrogens (tertiary/aromatic N) is 1. The van der Waals surface area contributed by atoms with E-state index in [1.54, 1.807) is 11.8 Å². The van der Waals surface area contributed by atoms with Gasteiger partial charge in [0.2, 0.25) is 0 Å². The standard InChI is InChI=1S/C10H12N2S/c1-11-10-12-9(7-13-10)8-5-3-2-4-6-8/h2-6,9H,7H2,1H3,(H,11,12). The van der Waals surface area contributed by atoms with Crippen molar-refractivity contribution in [2.45, 2.75) is 6.04 Å². The summed E-state index contributed by atoms with van der Waals surface area (Å²) in [5.41, 5.74) is 1.34. The van der Waals surface area contributed by atoms with Crippen molar-refractivity contribution in [2.24, 2.45) is 4.99 Å². The Kier molecular flexibility index (Phi) is 2.54. The molecule has 1 fully saturated rings. The molecule has 0 aromatic heterocycles. The lowest BCUT2D eigenvalue weighted by Gasteiger charge is -2.08. The Balaban J connectivity index is 2.13. The molecule has 1 aromatic rings. The van der Waals surface area contributed by atoms with Crippen LogP contribution in [0.5, 0.6) is 0 Å². The summed E-state index contributed by atoms with van der Waals surface area (Å²) in [5.74, 6) is 1.08. The van der Waals surface area contributed by atoms with Crippen LogP contribution in [0.4, 0.5) is 0 Å². The molecule has 1 atom stereocenters. The Labute approximate surface area is 82.5 Å². The second-order valence-corrected chi connectivity index (χ2v) is 3.96. The third-order valence-corrected chi connectivity index (χ3v) is 3.16. The van der Waals surface area contributed by atoms with E-state index in [4.69, 9.17) is 0 Å². The molecule has 1 aliphatic heterocycles. The van der Waals surface area contributed by atoms with Gasteiger partial charge in [0.05, 0.1) is 6.04 Å². The average molecular weight is 192 g/mol. The molecule has 0 saturated carbocycles. The van der Waals surface area contributed by atoms with E-state index >= 15 is 0 Å². The summed E-state index contributed by atoms with van der Waals surface area (Å²) in [7, 11) is 1.82. The fourth-order valence-corrected chi connectivity index (χ4v) is 2.34. The van der Waals surface area contributed by atoms with Crippen LogP contribution in [0, 0.1) is 0 Å². The number of aliphatic imine (C=N–C) groups is 1. The number of hydrogen-bond donors (Lipinski definition) is 1. The number of hydrogen-bond acceptors (Lipinski definition) is 2. The van der Waals surface area contributed by atoms with E-state index in [1.165, 1.54) is 5.56 Å². The second-order valence-electron chi connectivity index (χ2n) is 2.95. The molecule has 1 N–H and O–H groups in total. The zero-order chi connectivity index (χ0) is 9.10. The fraction of sp³-hybridized carbons (Fsp3) is 0.300. The zero-order valence-corrected chi connectivity index (χ0v) is 8.34. The van der Waals surface area contributed by atoms with E-state index < -0.39 is 0 Å². The first-order valence-corrected chi connectivity index (χ1v) is 5.30. The van der Waals surface area contributed by atoms with Gasteiger partial charge >= 0.3 is 0 Å². The lowest BCUT2D eigenvalue weighted by molar-refractivity contribution is 0.751. The molecule has 2 rings (SSSR count). The van der Waals surface area contributed by atoms with Crippen LogP contribution in [0.25, 0.3) is 0 Å². The second kappa shape index (κ2) is 3.83. The van der Waals surface area contributed by atoms with Crippen molar-refractivity contribution < 1.29 is 0 Å². The van der Waals surface area contributed by atoms with Crippen LogP contribution >= 0.6 is 11.8 Å². The SMILES string of the molecule is CN=C1NC(c2ccccc2)CS1. The predicted molar refractivity (Wildman–Crippen MR) is 58.1 cm³/mol. The molecule has 0 amide bonds. The third-order valence-electron chi connectivity index (χ3n) is 2.09. The highest BCUT2D eigenvalue weighted by Crippen LogP contribution is 2.25. The molecule has 1 aromatic carbocycles. The minimum atomic E-state index is 0.435. The summed E-state index contributed by atoms with van der Waals surface area (Å²) in [6.45, 7) is 0. The van der Waals surface area contributed by atoms with E-state index in [2.05, 4.69) is 34.6 Å². The third kappa shape index (κ3) is 1.86. The van der Waals surface area contributed by atoms with Gasteiger partial charge in [-0.15, -0.1) is 0 Å². The molecular weight excluding hydrogens is 180 g/mol. The molecule has 1 aliphatic rings.